The molecule has 6 heteroatoms. The number of benzene rings is 4. The number of ether oxygens (including phenoxy) is 2. The van der Waals surface area contributed by atoms with Gasteiger partial charge in [0.25, 0.3) is 0 Å². The van der Waals surface area contributed by atoms with Gasteiger partial charge in [0, 0.05) is 34.4 Å². The smallest absolute Gasteiger partial charge is 0.508 e. The molecule has 0 saturated carbocycles. The maximum absolute atomic E-state index is 6.95. The van der Waals surface area contributed by atoms with Gasteiger partial charge in [-0.1, -0.05) is 142 Å². The SMILES string of the molecule is Cc1cc(Oc2[c-]c(C3=N[C@](C)(C(C)C)[C@@](C)(c4ccccc4)O3)cc(C(C)(C)C)c2)[c-]c(N2c3ccc(C(C)(C)C)cc3C(C)(C)c3cc(C)cnc32)c1.[Pt+2]. The first kappa shape index (κ1) is 41.4. The molecule has 7 rings (SSSR count). The normalized spacial score (nSPS) is 20.1. The minimum Gasteiger partial charge on any atom is -0.508 e. The molecule has 0 spiro atoms. The number of aliphatic imine (C=N–C) groups is 1. The molecule has 4 aromatic carbocycles. The van der Waals surface area contributed by atoms with E-state index in [0.717, 1.165) is 45.0 Å². The van der Waals surface area contributed by atoms with Gasteiger partial charge >= 0.3 is 21.1 Å². The van der Waals surface area contributed by atoms with Gasteiger partial charge in [0.1, 0.15) is 17.3 Å². The number of aryl methyl sites for hydroxylation is 2. The number of hydrogen-bond acceptors (Lipinski definition) is 5. The molecule has 0 unspecified atom stereocenters. The molecule has 0 saturated heterocycles. The van der Waals surface area contributed by atoms with Crippen molar-refractivity contribution in [1.29, 1.82) is 0 Å². The Morgan fingerprint density at radius 1 is 0.732 bits per heavy atom. The van der Waals surface area contributed by atoms with E-state index in [1.807, 2.05) is 18.3 Å². The topological polar surface area (TPSA) is 47.0 Å². The zero-order chi connectivity index (χ0) is 39.9. The second kappa shape index (κ2) is 14.3. The van der Waals surface area contributed by atoms with Crippen LogP contribution in [0, 0.1) is 31.9 Å². The van der Waals surface area contributed by atoms with Gasteiger partial charge in [-0.3, -0.25) is 4.99 Å². The third-order valence-corrected chi connectivity index (χ3v) is 12.1. The molecule has 2 atom stereocenters. The summed E-state index contributed by atoms with van der Waals surface area (Å²) in [6.07, 6.45) is 1.96. The Morgan fingerprint density at radius 3 is 2.04 bits per heavy atom. The third kappa shape index (κ3) is 7.15. The summed E-state index contributed by atoms with van der Waals surface area (Å²) in [5.41, 5.74) is 9.30. The van der Waals surface area contributed by atoms with Crippen molar-refractivity contribution in [3.8, 4) is 11.5 Å². The summed E-state index contributed by atoms with van der Waals surface area (Å²) >= 11 is 0. The van der Waals surface area contributed by atoms with Crippen molar-refractivity contribution < 1.29 is 30.5 Å². The Bertz CT molecular complexity index is 2310. The molecule has 0 radical (unpaired) electrons. The van der Waals surface area contributed by atoms with E-state index in [-0.39, 0.29) is 43.2 Å². The molecule has 0 fully saturated rings. The van der Waals surface area contributed by atoms with Crippen LogP contribution in [0.25, 0.3) is 0 Å². The zero-order valence-corrected chi connectivity index (χ0v) is 37.9. The average Bonchev–Trinajstić information content (AvgIpc) is 3.40. The van der Waals surface area contributed by atoms with Crippen molar-refractivity contribution in [2.75, 3.05) is 4.90 Å². The molecular weight excluding hydrogens is 870 g/mol. The summed E-state index contributed by atoms with van der Waals surface area (Å²) in [6, 6.07) is 35.3. The zero-order valence-electron chi connectivity index (χ0n) is 35.6. The Balaban J connectivity index is 0.00000532. The number of rotatable bonds is 6. The monoisotopic (exact) mass is 926 g/mol. The van der Waals surface area contributed by atoms with Crippen molar-refractivity contribution in [1.82, 2.24) is 4.98 Å². The van der Waals surface area contributed by atoms with Crippen LogP contribution < -0.4 is 9.64 Å². The van der Waals surface area contributed by atoms with Crippen molar-refractivity contribution in [2.45, 2.75) is 124 Å². The molecule has 3 heterocycles. The Labute approximate surface area is 350 Å². The second-order valence-electron chi connectivity index (χ2n) is 19.0. The summed E-state index contributed by atoms with van der Waals surface area (Å²) in [6.45, 7) is 31.1. The van der Waals surface area contributed by atoms with Crippen LogP contribution in [0.2, 0.25) is 0 Å². The van der Waals surface area contributed by atoms with Crippen molar-refractivity contribution in [3.05, 3.63) is 142 Å². The summed E-state index contributed by atoms with van der Waals surface area (Å²) in [4.78, 5) is 12.7. The predicted octanol–water partition coefficient (Wildman–Crippen LogP) is 12.9. The van der Waals surface area contributed by atoms with Gasteiger partial charge in [-0.05, 0) is 71.9 Å². The largest absolute Gasteiger partial charge is 2.00 e. The molecule has 0 bridgehead atoms. The first-order chi connectivity index (χ1) is 25.6. The number of fused-ring (bicyclic) bond motifs is 2. The van der Waals surface area contributed by atoms with Crippen molar-refractivity contribution >= 4 is 23.1 Å². The summed E-state index contributed by atoms with van der Waals surface area (Å²) in [5.74, 6) is 2.89. The summed E-state index contributed by atoms with van der Waals surface area (Å²) in [7, 11) is 0. The minimum absolute atomic E-state index is 0. The number of anilines is 3. The predicted molar refractivity (Wildman–Crippen MR) is 227 cm³/mol. The molecule has 0 N–H and O–H groups in total. The van der Waals surface area contributed by atoms with E-state index in [1.165, 1.54) is 16.7 Å². The molecule has 2 aliphatic rings. The van der Waals surface area contributed by atoms with E-state index in [9.17, 15) is 0 Å². The van der Waals surface area contributed by atoms with E-state index in [1.54, 1.807) is 0 Å². The fourth-order valence-corrected chi connectivity index (χ4v) is 8.04. The van der Waals surface area contributed by atoms with Crippen LogP contribution in [0.5, 0.6) is 11.5 Å². The van der Waals surface area contributed by atoms with Crippen molar-refractivity contribution in [3.63, 3.8) is 0 Å². The number of pyridine rings is 1. The maximum Gasteiger partial charge on any atom is 2.00 e. The molecule has 5 nitrogen and oxygen atoms in total. The maximum atomic E-state index is 6.95. The molecule has 1 aromatic heterocycles. The van der Waals surface area contributed by atoms with Crippen LogP contribution in [-0.4, -0.2) is 16.4 Å². The van der Waals surface area contributed by atoms with Crippen LogP contribution in [0.1, 0.15) is 128 Å². The summed E-state index contributed by atoms with van der Waals surface area (Å²) in [5, 5.41) is 0. The minimum atomic E-state index is -0.667. The van der Waals surface area contributed by atoms with Crippen LogP contribution in [-0.2, 0) is 47.6 Å². The number of nitrogens with zero attached hydrogens (tertiary/aromatic N) is 3. The number of aromatic nitrogens is 1. The van der Waals surface area contributed by atoms with E-state index in [2.05, 4.69) is 181 Å². The van der Waals surface area contributed by atoms with Gasteiger partial charge in [-0.15, -0.1) is 29.8 Å². The quantitative estimate of drug-likeness (QED) is 0.159. The summed E-state index contributed by atoms with van der Waals surface area (Å²) < 4.78 is 13.7. The molecule has 0 amide bonds. The fourth-order valence-electron chi connectivity index (χ4n) is 8.04. The van der Waals surface area contributed by atoms with E-state index >= 15 is 0 Å². The van der Waals surface area contributed by atoms with Crippen LogP contribution >= 0.6 is 0 Å². The van der Waals surface area contributed by atoms with Gasteiger partial charge in [0.05, 0.1) is 5.54 Å². The Kier molecular flexibility index (Phi) is 10.6. The van der Waals surface area contributed by atoms with Crippen molar-refractivity contribution in [2.24, 2.45) is 10.9 Å². The van der Waals surface area contributed by atoms with Gasteiger partial charge in [-0.25, -0.2) is 4.98 Å². The first-order valence-electron chi connectivity index (χ1n) is 19.7. The van der Waals surface area contributed by atoms with Crippen LogP contribution in [0.15, 0.2) is 90.1 Å². The molecule has 5 aromatic rings. The fraction of sp³-hybridized carbons (Fsp3) is 0.400. The molecule has 56 heavy (non-hydrogen) atoms. The standard InChI is InChI=1S/C50H57N3O2.Pt/c1-31(2)49(13)50(14,35-18-16-15-17-19-35)55-45(52-49)34-25-37(47(8,9)10)27-40(26-34)54-39-23-32(3)22-38(29-39)53-43-21-20-36(46(5,6)7)28-41(43)48(11,12)42-24-33(4)30-51-44(42)53;/h15-25,27-28,30-31H,1-14H3;/q-2;+2/t49-,50-;/m1./s1. The van der Waals surface area contributed by atoms with Crippen LogP contribution in [0.3, 0.4) is 0 Å². The average molecular weight is 927 g/mol. The van der Waals surface area contributed by atoms with Gasteiger partial charge in [0.15, 0.2) is 0 Å². The van der Waals surface area contributed by atoms with E-state index in [4.69, 9.17) is 19.5 Å². The molecule has 2 aliphatic heterocycles. The first-order valence-corrected chi connectivity index (χ1v) is 19.7. The Hall–Kier alpha value is -4.21. The van der Waals surface area contributed by atoms with Crippen LogP contribution in [0.4, 0.5) is 17.2 Å². The van der Waals surface area contributed by atoms with Gasteiger partial charge in [0.2, 0.25) is 0 Å². The van der Waals surface area contributed by atoms with Gasteiger partial charge < -0.3 is 14.4 Å². The molecule has 294 valence electrons. The number of hydrogen-bond donors (Lipinski definition) is 0. The molecular formula is C50H57N3O2Pt. The third-order valence-electron chi connectivity index (χ3n) is 12.1. The van der Waals surface area contributed by atoms with E-state index in [0.29, 0.717) is 17.4 Å². The molecule has 0 aliphatic carbocycles. The second-order valence-corrected chi connectivity index (χ2v) is 19.0. The van der Waals surface area contributed by atoms with Gasteiger partial charge in [-0.2, -0.15) is 5.56 Å². The Morgan fingerprint density at radius 2 is 1.39 bits per heavy atom. The van der Waals surface area contributed by atoms with E-state index < -0.39 is 11.1 Å².